The molecule has 1 saturated carbocycles. The van der Waals surface area contributed by atoms with Crippen LogP contribution in [0.15, 0.2) is 6.07 Å². The van der Waals surface area contributed by atoms with Crippen LogP contribution in [0.1, 0.15) is 41.2 Å². The van der Waals surface area contributed by atoms with E-state index in [-0.39, 0.29) is 0 Å². The van der Waals surface area contributed by atoms with E-state index in [4.69, 9.17) is 0 Å². The quantitative estimate of drug-likeness (QED) is 0.915. The number of nitrogens with zero attached hydrogens (tertiary/aromatic N) is 4. The molecule has 0 saturated heterocycles. The Kier molecular flexibility index (Phi) is 3.76. The van der Waals surface area contributed by atoms with E-state index in [2.05, 4.69) is 34.2 Å². The van der Waals surface area contributed by atoms with Gasteiger partial charge in [-0.25, -0.2) is 14.6 Å². The fourth-order valence-corrected chi connectivity index (χ4v) is 2.72. The fourth-order valence-electron chi connectivity index (χ4n) is 2.72. The molecule has 21 heavy (non-hydrogen) atoms. The number of hydrogen-bond donors (Lipinski definition) is 1. The lowest BCUT2D eigenvalue weighted by Gasteiger charge is -2.06. The summed E-state index contributed by atoms with van der Waals surface area (Å²) in [6.45, 7) is 9.17. The molecule has 0 aromatic carbocycles. The third-order valence-electron chi connectivity index (χ3n) is 3.99. The van der Waals surface area contributed by atoms with Gasteiger partial charge in [0.2, 0.25) is 0 Å². The SMILES string of the molecule is Cc1cc(C)nc(-n2nc(C)c(CCNC3CC3)c2C)n1. The normalized spacial score (nSPS) is 14.7. The maximum atomic E-state index is 4.64. The van der Waals surface area contributed by atoms with Crippen molar-refractivity contribution in [1.29, 1.82) is 0 Å². The van der Waals surface area contributed by atoms with Crippen LogP contribution in [-0.4, -0.2) is 32.3 Å². The first-order valence-electron chi connectivity index (χ1n) is 7.65. The Labute approximate surface area is 125 Å². The Balaban J connectivity index is 1.85. The summed E-state index contributed by atoms with van der Waals surface area (Å²) in [6.07, 6.45) is 3.67. The average Bonchev–Trinajstić information content (AvgIpc) is 3.18. The molecule has 0 atom stereocenters. The molecule has 0 radical (unpaired) electrons. The van der Waals surface area contributed by atoms with E-state index < -0.39 is 0 Å². The zero-order valence-corrected chi connectivity index (χ0v) is 13.3. The third-order valence-corrected chi connectivity index (χ3v) is 3.99. The first kappa shape index (κ1) is 14.2. The minimum absolute atomic E-state index is 0.675. The molecule has 1 aliphatic rings. The molecule has 0 amide bonds. The van der Waals surface area contributed by atoms with E-state index in [0.717, 1.165) is 41.8 Å². The van der Waals surface area contributed by atoms with Crippen molar-refractivity contribution in [1.82, 2.24) is 25.1 Å². The molecule has 5 heteroatoms. The predicted molar refractivity (Wildman–Crippen MR) is 82.8 cm³/mol. The lowest BCUT2D eigenvalue weighted by atomic mass is 10.1. The van der Waals surface area contributed by atoms with Crippen LogP contribution in [0.2, 0.25) is 0 Å². The Morgan fingerprint density at radius 1 is 1.14 bits per heavy atom. The standard InChI is InChI=1S/C16H23N5/c1-10-9-11(2)19-16(18-10)21-13(4)15(12(3)20-21)7-8-17-14-5-6-14/h9,14,17H,5-8H2,1-4H3. The smallest absolute Gasteiger partial charge is 0.251 e. The fraction of sp³-hybridized carbons (Fsp3) is 0.562. The summed E-state index contributed by atoms with van der Waals surface area (Å²) >= 11 is 0. The summed E-state index contributed by atoms with van der Waals surface area (Å²) < 4.78 is 1.88. The van der Waals surface area contributed by atoms with Crippen molar-refractivity contribution in [2.24, 2.45) is 0 Å². The van der Waals surface area contributed by atoms with Gasteiger partial charge < -0.3 is 5.32 Å². The molecule has 0 bridgehead atoms. The van der Waals surface area contributed by atoms with E-state index in [1.54, 1.807) is 0 Å². The minimum atomic E-state index is 0.675. The van der Waals surface area contributed by atoms with Crippen molar-refractivity contribution >= 4 is 0 Å². The second-order valence-electron chi connectivity index (χ2n) is 5.99. The number of hydrogen-bond acceptors (Lipinski definition) is 4. The summed E-state index contributed by atoms with van der Waals surface area (Å²) in [5.74, 6) is 0.675. The average molecular weight is 285 g/mol. The minimum Gasteiger partial charge on any atom is -0.314 e. The van der Waals surface area contributed by atoms with Crippen LogP contribution in [-0.2, 0) is 6.42 Å². The van der Waals surface area contributed by atoms with Crippen molar-refractivity contribution in [3.05, 3.63) is 34.4 Å². The van der Waals surface area contributed by atoms with Gasteiger partial charge in [0.05, 0.1) is 5.69 Å². The maximum absolute atomic E-state index is 4.64. The molecule has 1 aliphatic carbocycles. The molecule has 112 valence electrons. The Hall–Kier alpha value is -1.75. The van der Waals surface area contributed by atoms with Gasteiger partial charge in [-0.05, 0) is 65.1 Å². The Morgan fingerprint density at radius 3 is 2.43 bits per heavy atom. The van der Waals surface area contributed by atoms with Crippen LogP contribution in [0.4, 0.5) is 0 Å². The molecule has 2 aromatic heterocycles. The molecule has 2 aromatic rings. The molecule has 1 N–H and O–H groups in total. The van der Waals surface area contributed by atoms with Crippen LogP contribution < -0.4 is 5.32 Å². The molecule has 2 heterocycles. The summed E-state index contributed by atoms with van der Waals surface area (Å²) in [5.41, 5.74) is 5.48. The summed E-state index contributed by atoms with van der Waals surface area (Å²) in [5, 5.41) is 8.20. The Morgan fingerprint density at radius 2 is 1.81 bits per heavy atom. The first-order valence-corrected chi connectivity index (χ1v) is 7.65. The van der Waals surface area contributed by atoms with Gasteiger partial charge in [-0.3, -0.25) is 0 Å². The lowest BCUT2D eigenvalue weighted by molar-refractivity contribution is 0.678. The summed E-state index contributed by atoms with van der Waals surface area (Å²) in [6, 6.07) is 2.73. The topological polar surface area (TPSA) is 55.6 Å². The van der Waals surface area contributed by atoms with Crippen molar-refractivity contribution in [3.63, 3.8) is 0 Å². The van der Waals surface area contributed by atoms with Gasteiger partial charge in [0, 0.05) is 23.1 Å². The Bertz CT molecular complexity index is 635. The predicted octanol–water partition coefficient (Wildman–Crippen LogP) is 2.19. The van der Waals surface area contributed by atoms with E-state index in [0.29, 0.717) is 5.95 Å². The highest BCUT2D eigenvalue weighted by Gasteiger charge is 2.21. The van der Waals surface area contributed by atoms with Crippen molar-refractivity contribution in [2.45, 2.75) is 53.0 Å². The molecular weight excluding hydrogens is 262 g/mol. The van der Waals surface area contributed by atoms with Crippen LogP contribution in [0.25, 0.3) is 5.95 Å². The van der Waals surface area contributed by atoms with Gasteiger partial charge in [-0.2, -0.15) is 5.10 Å². The monoisotopic (exact) mass is 285 g/mol. The van der Waals surface area contributed by atoms with Gasteiger partial charge in [-0.15, -0.1) is 0 Å². The largest absolute Gasteiger partial charge is 0.314 e. The van der Waals surface area contributed by atoms with E-state index in [9.17, 15) is 0 Å². The summed E-state index contributed by atoms with van der Waals surface area (Å²) in [7, 11) is 0. The van der Waals surface area contributed by atoms with E-state index in [1.807, 2.05) is 24.6 Å². The van der Waals surface area contributed by atoms with Crippen LogP contribution in [0.5, 0.6) is 0 Å². The zero-order valence-electron chi connectivity index (χ0n) is 13.3. The number of aromatic nitrogens is 4. The number of nitrogens with one attached hydrogen (secondary N) is 1. The molecule has 0 spiro atoms. The molecule has 0 aliphatic heterocycles. The molecular formula is C16H23N5. The van der Waals surface area contributed by atoms with Crippen molar-refractivity contribution in [3.8, 4) is 5.95 Å². The van der Waals surface area contributed by atoms with Gasteiger partial charge >= 0.3 is 0 Å². The molecule has 5 nitrogen and oxygen atoms in total. The molecule has 3 rings (SSSR count). The third kappa shape index (κ3) is 3.13. The van der Waals surface area contributed by atoms with Crippen LogP contribution in [0.3, 0.4) is 0 Å². The zero-order chi connectivity index (χ0) is 15.0. The van der Waals surface area contributed by atoms with Crippen LogP contribution >= 0.6 is 0 Å². The lowest BCUT2D eigenvalue weighted by Crippen LogP contribution is -2.19. The highest BCUT2D eigenvalue weighted by atomic mass is 15.4. The van der Waals surface area contributed by atoms with E-state index >= 15 is 0 Å². The first-order chi connectivity index (χ1) is 10.0. The van der Waals surface area contributed by atoms with Crippen LogP contribution in [0, 0.1) is 27.7 Å². The highest BCUT2D eigenvalue weighted by molar-refractivity contribution is 5.30. The van der Waals surface area contributed by atoms with Gasteiger partial charge in [-0.1, -0.05) is 0 Å². The van der Waals surface area contributed by atoms with Crippen molar-refractivity contribution in [2.75, 3.05) is 6.54 Å². The number of rotatable bonds is 5. The molecule has 1 fully saturated rings. The van der Waals surface area contributed by atoms with Crippen molar-refractivity contribution < 1.29 is 0 Å². The number of aryl methyl sites for hydroxylation is 3. The summed E-state index contributed by atoms with van der Waals surface area (Å²) in [4.78, 5) is 9.02. The van der Waals surface area contributed by atoms with E-state index in [1.165, 1.54) is 18.4 Å². The van der Waals surface area contributed by atoms with Gasteiger partial charge in [0.1, 0.15) is 0 Å². The molecule has 0 unspecified atom stereocenters. The van der Waals surface area contributed by atoms with Gasteiger partial charge in [0.15, 0.2) is 0 Å². The van der Waals surface area contributed by atoms with Gasteiger partial charge in [0.25, 0.3) is 5.95 Å². The second-order valence-corrected chi connectivity index (χ2v) is 5.99. The highest BCUT2D eigenvalue weighted by Crippen LogP contribution is 2.20. The second kappa shape index (κ2) is 5.56. The maximum Gasteiger partial charge on any atom is 0.251 e.